The first kappa shape index (κ1) is 19.4. The third-order valence-corrected chi connectivity index (χ3v) is 12.1. The van der Waals surface area contributed by atoms with Gasteiger partial charge in [0.15, 0.2) is 0 Å². The third-order valence-electron chi connectivity index (χ3n) is 12.1. The summed E-state index contributed by atoms with van der Waals surface area (Å²) in [6, 6.07) is 19.6. The zero-order valence-corrected chi connectivity index (χ0v) is 20.6. The maximum Gasteiger partial charge on any atom is -0.00268 e. The van der Waals surface area contributed by atoms with Crippen molar-refractivity contribution in [2.24, 2.45) is 35.5 Å². The molecule has 0 spiro atoms. The number of hydrogen-bond donors (Lipinski definition) is 0. The Morgan fingerprint density at radius 1 is 0.382 bits per heavy atom. The van der Waals surface area contributed by atoms with Gasteiger partial charge in [0.25, 0.3) is 0 Å². The van der Waals surface area contributed by atoms with Crippen molar-refractivity contribution < 1.29 is 0 Å². The highest BCUT2D eigenvalue weighted by Gasteiger charge is 2.55. The van der Waals surface area contributed by atoms with E-state index in [1.807, 2.05) is 0 Å². The number of fused-ring (bicyclic) bond motifs is 2. The molecule has 0 atom stereocenters. The van der Waals surface area contributed by atoms with Crippen LogP contribution in [0.5, 0.6) is 0 Å². The van der Waals surface area contributed by atoms with Crippen molar-refractivity contribution in [3.05, 3.63) is 59.7 Å². The molecule has 0 amide bonds. The second-order valence-electron chi connectivity index (χ2n) is 14.2. The summed E-state index contributed by atoms with van der Waals surface area (Å²) in [4.78, 5) is 0. The van der Waals surface area contributed by atoms with Gasteiger partial charge in [0.2, 0.25) is 0 Å². The molecule has 0 saturated heterocycles. The molecule has 0 unspecified atom stereocenters. The van der Waals surface area contributed by atoms with E-state index in [9.17, 15) is 0 Å². The van der Waals surface area contributed by atoms with Gasteiger partial charge in [-0.05, 0) is 156 Å². The van der Waals surface area contributed by atoms with Gasteiger partial charge in [-0.25, -0.2) is 0 Å². The van der Waals surface area contributed by atoms with Crippen LogP contribution in [-0.4, -0.2) is 0 Å². The lowest BCUT2D eigenvalue weighted by Crippen LogP contribution is -2.49. The highest BCUT2D eigenvalue weighted by Crippen LogP contribution is 2.65. The van der Waals surface area contributed by atoms with E-state index in [2.05, 4.69) is 48.5 Å². The quantitative estimate of drug-likeness (QED) is 0.345. The van der Waals surface area contributed by atoms with Crippen LogP contribution in [0.4, 0.5) is 0 Å². The van der Waals surface area contributed by atoms with Gasteiger partial charge >= 0.3 is 0 Å². The highest BCUT2D eigenvalue weighted by molar-refractivity contribution is 6.07. The van der Waals surface area contributed by atoms with Gasteiger partial charge in [0.05, 0.1) is 0 Å². The second-order valence-corrected chi connectivity index (χ2v) is 14.2. The molecule has 8 saturated carbocycles. The monoisotopic (exact) mass is 446 g/mol. The summed E-state index contributed by atoms with van der Waals surface area (Å²) in [6.45, 7) is 0. The number of rotatable bonds is 2. The molecule has 8 aliphatic carbocycles. The number of benzene rings is 3. The van der Waals surface area contributed by atoms with E-state index >= 15 is 0 Å². The molecule has 11 rings (SSSR count). The molecule has 3 aromatic carbocycles. The minimum Gasteiger partial charge on any atom is -0.0616 e. The average Bonchev–Trinajstić information content (AvgIpc) is 2.80. The second kappa shape index (κ2) is 6.48. The lowest BCUT2D eigenvalue weighted by Gasteiger charge is -2.59. The maximum absolute atomic E-state index is 2.54. The Bertz CT molecular complexity index is 1100. The first-order chi connectivity index (χ1) is 16.7. The maximum atomic E-state index is 2.54. The smallest absolute Gasteiger partial charge is 0.00268 e. The SMILES string of the molecule is c1ccc2c(C34CC5CC(CC(C5)C3)C4)c3ccccc3c(C34CC5CC(CC(C5)C3)C4)c2c1. The fourth-order valence-electron chi connectivity index (χ4n) is 12.1. The van der Waals surface area contributed by atoms with Crippen LogP contribution >= 0.6 is 0 Å². The van der Waals surface area contributed by atoms with Crippen LogP contribution in [0.3, 0.4) is 0 Å². The van der Waals surface area contributed by atoms with E-state index in [0.29, 0.717) is 10.8 Å². The average molecular weight is 447 g/mol. The van der Waals surface area contributed by atoms with Crippen molar-refractivity contribution in [1.29, 1.82) is 0 Å². The minimum absolute atomic E-state index is 0.438. The Morgan fingerprint density at radius 2 is 0.618 bits per heavy atom. The summed E-state index contributed by atoms with van der Waals surface area (Å²) in [5.41, 5.74) is 4.44. The van der Waals surface area contributed by atoms with E-state index in [4.69, 9.17) is 0 Å². The predicted octanol–water partition coefficient (Wildman–Crippen LogP) is 8.93. The normalized spacial score (nSPS) is 43.9. The molecule has 8 fully saturated rings. The van der Waals surface area contributed by atoms with Crippen molar-refractivity contribution >= 4 is 21.5 Å². The van der Waals surface area contributed by atoms with E-state index in [1.165, 1.54) is 77.0 Å². The zero-order chi connectivity index (χ0) is 22.1. The molecule has 8 bridgehead atoms. The Morgan fingerprint density at radius 3 is 0.853 bits per heavy atom. The Kier molecular flexibility index (Phi) is 3.70. The standard InChI is InChI=1S/C34H38/c1-2-6-28-27(5-1)31(33-15-21-9-22(16-33)11-23(10-21)17-33)29-7-3-4-8-30(29)32(28)34-18-24-12-25(19-34)14-26(13-24)20-34/h1-8,21-26H,9-20H2. The van der Waals surface area contributed by atoms with Crippen LogP contribution in [0.15, 0.2) is 48.5 Å². The van der Waals surface area contributed by atoms with Gasteiger partial charge in [-0.15, -0.1) is 0 Å². The Labute approximate surface area is 204 Å². The Hall–Kier alpha value is -1.82. The van der Waals surface area contributed by atoms with Crippen LogP contribution in [0.25, 0.3) is 21.5 Å². The zero-order valence-electron chi connectivity index (χ0n) is 20.6. The Balaban J connectivity index is 1.35. The van der Waals surface area contributed by atoms with Crippen LogP contribution in [-0.2, 0) is 10.8 Å². The summed E-state index contributed by atoms with van der Waals surface area (Å²) in [7, 11) is 0. The summed E-state index contributed by atoms with van der Waals surface area (Å²) >= 11 is 0. The van der Waals surface area contributed by atoms with Crippen LogP contribution in [0, 0.1) is 35.5 Å². The molecule has 3 aromatic rings. The summed E-state index contributed by atoms with van der Waals surface area (Å²) in [6.07, 6.45) is 17.9. The molecule has 0 radical (unpaired) electrons. The summed E-state index contributed by atoms with van der Waals surface area (Å²) < 4.78 is 0. The molecule has 0 N–H and O–H groups in total. The predicted molar refractivity (Wildman–Crippen MR) is 141 cm³/mol. The summed E-state index contributed by atoms with van der Waals surface area (Å²) in [5.74, 6) is 5.95. The van der Waals surface area contributed by atoms with Gasteiger partial charge in [0, 0.05) is 0 Å². The van der Waals surface area contributed by atoms with Gasteiger partial charge < -0.3 is 0 Å². The highest BCUT2D eigenvalue weighted by atomic mass is 14.6. The molecule has 8 aliphatic rings. The van der Waals surface area contributed by atoms with Gasteiger partial charge in [-0.2, -0.15) is 0 Å². The lowest BCUT2D eigenvalue weighted by molar-refractivity contribution is -0.00493. The molecular formula is C34H38. The molecule has 174 valence electrons. The first-order valence-corrected chi connectivity index (χ1v) is 14.6. The van der Waals surface area contributed by atoms with Gasteiger partial charge in [0.1, 0.15) is 0 Å². The lowest BCUT2D eigenvalue weighted by atomic mass is 9.46. The molecule has 0 aromatic heterocycles. The summed E-state index contributed by atoms with van der Waals surface area (Å²) in [5, 5.41) is 6.59. The van der Waals surface area contributed by atoms with Crippen molar-refractivity contribution in [3.63, 3.8) is 0 Å². The number of hydrogen-bond acceptors (Lipinski definition) is 0. The van der Waals surface area contributed by atoms with Crippen molar-refractivity contribution in [1.82, 2.24) is 0 Å². The van der Waals surface area contributed by atoms with Crippen molar-refractivity contribution in [2.75, 3.05) is 0 Å². The fourth-order valence-corrected chi connectivity index (χ4v) is 12.1. The molecule has 0 heterocycles. The van der Waals surface area contributed by atoms with Gasteiger partial charge in [-0.3, -0.25) is 0 Å². The van der Waals surface area contributed by atoms with Crippen LogP contribution < -0.4 is 0 Å². The van der Waals surface area contributed by atoms with E-state index < -0.39 is 0 Å². The van der Waals surface area contributed by atoms with Crippen molar-refractivity contribution in [3.8, 4) is 0 Å². The topological polar surface area (TPSA) is 0 Å². The van der Waals surface area contributed by atoms with E-state index in [-0.39, 0.29) is 0 Å². The van der Waals surface area contributed by atoms with E-state index in [0.717, 1.165) is 35.5 Å². The van der Waals surface area contributed by atoms with E-state index in [1.54, 1.807) is 32.7 Å². The largest absolute Gasteiger partial charge is 0.0616 e. The van der Waals surface area contributed by atoms with Crippen LogP contribution in [0.1, 0.15) is 88.2 Å². The fraction of sp³-hybridized carbons (Fsp3) is 0.588. The molecule has 0 nitrogen and oxygen atoms in total. The minimum atomic E-state index is 0.438. The molecule has 0 heteroatoms. The van der Waals surface area contributed by atoms with Crippen molar-refractivity contribution in [2.45, 2.75) is 87.9 Å². The first-order valence-electron chi connectivity index (χ1n) is 14.6. The molecule has 34 heavy (non-hydrogen) atoms. The van der Waals surface area contributed by atoms with Gasteiger partial charge in [-0.1, -0.05) is 48.5 Å². The van der Waals surface area contributed by atoms with Crippen LogP contribution in [0.2, 0.25) is 0 Å². The molecule has 0 aliphatic heterocycles. The molecular weight excluding hydrogens is 408 g/mol. The third kappa shape index (κ3) is 2.46.